The predicted molar refractivity (Wildman–Crippen MR) is 72.1 cm³/mol. The van der Waals surface area contributed by atoms with E-state index in [1.54, 1.807) is 18.7 Å². The second-order valence-electron chi connectivity index (χ2n) is 6.28. The zero-order valence-electron chi connectivity index (χ0n) is 12.2. The Kier molecular flexibility index (Phi) is 4.77. The summed E-state index contributed by atoms with van der Waals surface area (Å²) < 4.78 is 0. The monoisotopic (exact) mass is 254 g/mol. The van der Waals surface area contributed by atoms with Crippen molar-refractivity contribution in [1.29, 1.82) is 0 Å². The van der Waals surface area contributed by atoms with Gasteiger partial charge in [-0.05, 0) is 33.1 Å². The van der Waals surface area contributed by atoms with Crippen LogP contribution in [-0.2, 0) is 9.59 Å². The molecule has 1 fully saturated rings. The van der Waals surface area contributed by atoms with E-state index in [9.17, 15) is 9.59 Å². The van der Waals surface area contributed by atoms with Gasteiger partial charge in [0.2, 0.25) is 11.8 Å². The number of nitrogens with one attached hydrogen (secondary N) is 1. The third-order valence-corrected chi connectivity index (χ3v) is 3.50. The molecule has 0 radical (unpaired) electrons. The molecule has 1 unspecified atom stereocenters. The average molecular weight is 254 g/mol. The Hall–Kier alpha value is -1.06. The van der Waals surface area contributed by atoms with Gasteiger partial charge in [0.25, 0.3) is 0 Å². The van der Waals surface area contributed by atoms with Gasteiger partial charge in [-0.2, -0.15) is 0 Å². The maximum absolute atomic E-state index is 12.2. The van der Waals surface area contributed by atoms with Crippen molar-refractivity contribution in [1.82, 2.24) is 10.2 Å². The van der Waals surface area contributed by atoms with Crippen LogP contribution in [0.1, 0.15) is 53.9 Å². The van der Waals surface area contributed by atoms with Crippen molar-refractivity contribution < 1.29 is 9.59 Å². The summed E-state index contributed by atoms with van der Waals surface area (Å²) in [5.41, 5.74) is -0.762. The van der Waals surface area contributed by atoms with Crippen LogP contribution in [0, 0.1) is 5.92 Å². The molecule has 0 bridgehead atoms. The van der Waals surface area contributed by atoms with Gasteiger partial charge in [0.1, 0.15) is 5.54 Å². The molecule has 0 aromatic heterocycles. The molecule has 1 rings (SSSR count). The normalized spacial score (nSPS) is 21.1. The Balaban J connectivity index is 2.58. The first-order valence-electron chi connectivity index (χ1n) is 6.86. The lowest BCUT2D eigenvalue weighted by atomic mass is 9.97. The van der Waals surface area contributed by atoms with Crippen molar-refractivity contribution in [3.05, 3.63) is 0 Å². The summed E-state index contributed by atoms with van der Waals surface area (Å²) in [5, 5.41) is 2.73. The van der Waals surface area contributed by atoms with Crippen LogP contribution in [0.2, 0.25) is 0 Å². The number of hydrogen-bond donors (Lipinski definition) is 1. The molecule has 4 heteroatoms. The minimum Gasteiger partial charge on any atom is -0.341 e. The van der Waals surface area contributed by atoms with Crippen LogP contribution < -0.4 is 5.32 Å². The van der Waals surface area contributed by atoms with Crippen LogP contribution in [0.5, 0.6) is 0 Å². The molecule has 1 saturated heterocycles. The van der Waals surface area contributed by atoms with Gasteiger partial charge in [0, 0.05) is 6.04 Å². The minimum atomic E-state index is -0.762. The molecule has 2 amide bonds. The number of amides is 2. The topological polar surface area (TPSA) is 49.4 Å². The van der Waals surface area contributed by atoms with Gasteiger partial charge < -0.3 is 10.2 Å². The van der Waals surface area contributed by atoms with Crippen molar-refractivity contribution in [3.63, 3.8) is 0 Å². The Morgan fingerprint density at radius 3 is 2.39 bits per heavy atom. The molecule has 104 valence electrons. The van der Waals surface area contributed by atoms with Gasteiger partial charge in [-0.3, -0.25) is 9.59 Å². The molecule has 1 aliphatic heterocycles. The number of carbonyl (C=O) groups is 2. The summed E-state index contributed by atoms with van der Waals surface area (Å²) in [5.74, 6) is 0.656. The molecule has 1 heterocycles. The number of piperazine rings is 1. The van der Waals surface area contributed by atoms with E-state index in [0.29, 0.717) is 5.92 Å². The van der Waals surface area contributed by atoms with Crippen molar-refractivity contribution >= 4 is 11.8 Å². The summed E-state index contributed by atoms with van der Waals surface area (Å²) in [4.78, 5) is 25.6. The van der Waals surface area contributed by atoms with Gasteiger partial charge in [-0.15, -0.1) is 0 Å². The quantitative estimate of drug-likeness (QED) is 0.815. The van der Waals surface area contributed by atoms with Gasteiger partial charge in [0.05, 0.1) is 6.54 Å². The zero-order valence-corrected chi connectivity index (χ0v) is 12.2. The minimum absolute atomic E-state index is 0.0270. The smallest absolute Gasteiger partial charge is 0.248 e. The number of hydrogen-bond acceptors (Lipinski definition) is 2. The first kappa shape index (κ1) is 15.0. The number of nitrogens with zero attached hydrogens (tertiary/aromatic N) is 1. The van der Waals surface area contributed by atoms with Crippen molar-refractivity contribution in [2.75, 3.05) is 6.54 Å². The van der Waals surface area contributed by atoms with Gasteiger partial charge >= 0.3 is 0 Å². The molecule has 0 aliphatic carbocycles. The van der Waals surface area contributed by atoms with E-state index in [4.69, 9.17) is 0 Å². The van der Waals surface area contributed by atoms with Crippen LogP contribution in [0.3, 0.4) is 0 Å². The predicted octanol–water partition coefficient (Wildman–Crippen LogP) is 1.94. The highest BCUT2D eigenvalue weighted by Gasteiger charge is 2.40. The summed E-state index contributed by atoms with van der Waals surface area (Å²) >= 11 is 0. The standard InChI is InChI=1S/C14H26N2O2/c1-10(2)7-6-8-11(3)16-9-12(17)15-14(4,5)13(16)18/h10-11H,6-9H2,1-5H3,(H,15,17). The lowest BCUT2D eigenvalue weighted by Crippen LogP contribution is -2.65. The van der Waals surface area contributed by atoms with Crippen molar-refractivity contribution in [3.8, 4) is 0 Å². The fraction of sp³-hybridized carbons (Fsp3) is 0.857. The second kappa shape index (κ2) is 5.72. The molecule has 0 saturated carbocycles. The fourth-order valence-electron chi connectivity index (χ4n) is 2.36. The van der Waals surface area contributed by atoms with Crippen LogP contribution >= 0.6 is 0 Å². The zero-order chi connectivity index (χ0) is 13.9. The van der Waals surface area contributed by atoms with Gasteiger partial charge in [-0.25, -0.2) is 0 Å². The van der Waals surface area contributed by atoms with E-state index < -0.39 is 5.54 Å². The van der Waals surface area contributed by atoms with Crippen LogP contribution in [0.4, 0.5) is 0 Å². The Morgan fingerprint density at radius 2 is 1.83 bits per heavy atom. The third-order valence-electron chi connectivity index (χ3n) is 3.50. The average Bonchev–Trinajstić information content (AvgIpc) is 2.22. The molecule has 1 N–H and O–H groups in total. The van der Waals surface area contributed by atoms with E-state index in [1.165, 1.54) is 6.42 Å². The Bertz CT molecular complexity index is 324. The highest BCUT2D eigenvalue weighted by molar-refractivity contribution is 5.97. The summed E-state index contributed by atoms with van der Waals surface area (Å²) in [6.45, 7) is 10.2. The van der Waals surface area contributed by atoms with Crippen LogP contribution in [-0.4, -0.2) is 34.8 Å². The highest BCUT2D eigenvalue weighted by atomic mass is 16.2. The molecule has 0 aromatic rings. The molecular formula is C14H26N2O2. The molecule has 18 heavy (non-hydrogen) atoms. The fourth-order valence-corrected chi connectivity index (χ4v) is 2.36. The van der Waals surface area contributed by atoms with Crippen LogP contribution in [0.15, 0.2) is 0 Å². The molecule has 1 aliphatic rings. The first-order chi connectivity index (χ1) is 8.24. The number of carbonyl (C=O) groups excluding carboxylic acids is 2. The van der Waals surface area contributed by atoms with E-state index in [-0.39, 0.29) is 24.4 Å². The largest absolute Gasteiger partial charge is 0.341 e. The van der Waals surface area contributed by atoms with Crippen molar-refractivity contribution in [2.45, 2.75) is 65.5 Å². The van der Waals surface area contributed by atoms with E-state index in [2.05, 4.69) is 19.2 Å². The molecule has 0 spiro atoms. The summed E-state index contributed by atoms with van der Waals surface area (Å²) in [6.07, 6.45) is 3.24. The van der Waals surface area contributed by atoms with Crippen molar-refractivity contribution in [2.24, 2.45) is 5.92 Å². The van der Waals surface area contributed by atoms with Crippen LogP contribution in [0.25, 0.3) is 0 Å². The summed E-state index contributed by atoms with van der Waals surface area (Å²) in [7, 11) is 0. The molecule has 0 aromatic carbocycles. The maximum Gasteiger partial charge on any atom is 0.248 e. The first-order valence-corrected chi connectivity index (χ1v) is 6.86. The molecular weight excluding hydrogens is 228 g/mol. The highest BCUT2D eigenvalue weighted by Crippen LogP contribution is 2.19. The number of rotatable bonds is 5. The third kappa shape index (κ3) is 3.72. The Morgan fingerprint density at radius 1 is 1.22 bits per heavy atom. The second-order valence-corrected chi connectivity index (χ2v) is 6.28. The maximum atomic E-state index is 12.2. The lowest BCUT2D eigenvalue weighted by molar-refractivity contribution is -0.150. The van der Waals surface area contributed by atoms with E-state index >= 15 is 0 Å². The van der Waals surface area contributed by atoms with Gasteiger partial charge in [-0.1, -0.05) is 26.7 Å². The molecule has 4 nitrogen and oxygen atoms in total. The SMILES string of the molecule is CC(C)CCCC(C)N1CC(=O)NC(C)(C)C1=O. The van der Waals surface area contributed by atoms with E-state index in [0.717, 1.165) is 12.8 Å². The Labute approximate surface area is 110 Å². The van der Waals surface area contributed by atoms with E-state index in [1.807, 2.05) is 6.92 Å². The molecule has 1 atom stereocenters. The van der Waals surface area contributed by atoms with Gasteiger partial charge in [0.15, 0.2) is 0 Å². The lowest BCUT2D eigenvalue weighted by Gasteiger charge is -2.40. The summed E-state index contributed by atoms with van der Waals surface area (Å²) in [6, 6.07) is 0.140.